The Hall–Kier alpha value is -1.68. The molecule has 0 aliphatic heterocycles. The third-order valence-corrected chi connectivity index (χ3v) is 2.33. The molecular weight excluding hydrogens is 214 g/mol. The minimum Gasteiger partial charge on any atom is -0.285 e. The number of aryl methyl sites for hydroxylation is 1. The molecule has 0 saturated heterocycles. The fourth-order valence-corrected chi connectivity index (χ4v) is 1.48. The van der Waals surface area contributed by atoms with Gasteiger partial charge < -0.3 is 0 Å². The summed E-state index contributed by atoms with van der Waals surface area (Å²) in [6.07, 6.45) is 3.10. The van der Waals surface area contributed by atoms with Gasteiger partial charge in [0.05, 0.1) is 5.02 Å². The summed E-state index contributed by atoms with van der Waals surface area (Å²) < 4.78 is 1.49. The second kappa shape index (κ2) is 3.82. The van der Waals surface area contributed by atoms with Crippen molar-refractivity contribution < 1.29 is 4.79 Å². The molecule has 2 aromatic rings. The molecule has 4 nitrogen and oxygen atoms in total. The summed E-state index contributed by atoms with van der Waals surface area (Å²) >= 11 is 5.88. The first-order valence-corrected chi connectivity index (χ1v) is 4.71. The highest BCUT2D eigenvalue weighted by Gasteiger charge is 2.16. The first-order valence-electron chi connectivity index (χ1n) is 4.33. The van der Waals surface area contributed by atoms with Crippen molar-refractivity contribution in [3.05, 3.63) is 47.0 Å². The van der Waals surface area contributed by atoms with Gasteiger partial charge in [-0.15, -0.1) is 0 Å². The predicted octanol–water partition coefficient (Wildman–Crippen LogP) is 1.70. The van der Waals surface area contributed by atoms with Gasteiger partial charge in [0.15, 0.2) is 0 Å². The van der Waals surface area contributed by atoms with Crippen LogP contribution in [0, 0.1) is 0 Å². The van der Waals surface area contributed by atoms with E-state index in [9.17, 15) is 4.79 Å². The van der Waals surface area contributed by atoms with Crippen LogP contribution in [0.3, 0.4) is 0 Å². The standard InChI is InChI=1S/C10H8ClN3O/c1-14-8(4-6-13-14)10(15)9-7(11)3-2-5-12-9/h2-6H,1H3. The van der Waals surface area contributed by atoms with E-state index in [1.165, 1.54) is 10.9 Å². The predicted molar refractivity (Wildman–Crippen MR) is 55.9 cm³/mol. The van der Waals surface area contributed by atoms with Gasteiger partial charge in [0.25, 0.3) is 0 Å². The summed E-state index contributed by atoms with van der Waals surface area (Å²) in [5.41, 5.74) is 0.721. The molecule has 76 valence electrons. The Kier molecular flexibility index (Phi) is 2.51. The lowest BCUT2D eigenvalue weighted by Gasteiger charge is -2.01. The fraction of sp³-hybridized carbons (Fsp3) is 0.100. The molecule has 0 unspecified atom stereocenters. The Labute approximate surface area is 91.5 Å². The molecule has 2 rings (SSSR count). The lowest BCUT2D eigenvalue weighted by Crippen LogP contribution is -2.10. The third-order valence-electron chi connectivity index (χ3n) is 2.03. The van der Waals surface area contributed by atoms with Crippen molar-refractivity contribution in [3.63, 3.8) is 0 Å². The second-order valence-electron chi connectivity index (χ2n) is 3.00. The van der Waals surface area contributed by atoms with E-state index in [4.69, 9.17) is 11.6 Å². The van der Waals surface area contributed by atoms with Crippen LogP contribution < -0.4 is 0 Å². The zero-order valence-electron chi connectivity index (χ0n) is 8.01. The van der Waals surface area contributed by atoms with Gasteiger partial charge in [0.2, 0.25) is 5.78 Å². The van der Waals surface area contributed by atoms with Crippen molar-refractivity contribution in [1.82, 2.24) is 14.8 Å². The maximum atomic E-state index is 11.9. The number of carbonyl (C=O) groups excluding carboxylic acids is 1. The first kappa shape index (κ1) is 9.86. The molecule has 5 heteroatoms. The van der Waals surface area contributed by atoms with Crippen molar-refractivity contribution in [2.75, 3.05) is 0 Å². The number of hydrogen-bond donors (Lipinski definition) is 0. The number of carbonyl (C=O) groups is 1. The Balaban J connectivity index is 2.46. The topological polar surface area (TPSA) is 47.8 Å². The van der Waals surface area contributed by atoms with Crippen LogP contribution in [0.15, 0.2) is 30.6 Å². The maximum absolute atomic E-state index is 11.9. The van der Waals surface area contributed by atoms with Crippen LogP contribution in [0.2, 0.25) is 5.02 Å². The quantitative estimate of drug-likeness (QED) is 0.726. The number of nitrogens with zero attached hydrogens (tertiary/aromatic N) is 3. The van der Waals surface area contributed by atoms with E-state index in [0.717, 1.165) is 0 Å². The van der Waals surface area contributed by atoms with Gasteiger partial charge in [0.1, 0.15) is 11.4 Å². The molecule has 2 aromatic heterocycles. The summed E-state index contributed by atoms with van der Waals surface area (Å²) in [5, 5.41) is 4.27. The monoisotopic (exact) mass is 221 g/mol. The molecule has 0 atom stereocenters. The molecule has 0 aliphatic rings. The molecule has 0 saturated carbocycles. The Morgan fingerprint density at radius 2 is 2.20 bits per heavy atom. The lowest BCUT2D eigenvalue weighted by atomic mass is 10.2. The van der Waals surface area contributed by atoms with E-state index < -0.39 is 0 Å². The minimum absolute atomic E-state index is 0.222. The number of aromatic nitrogens is 3. The average molecular weight is 222 g/mol. The number of ketones is 1. The van der Waals surface area contributed by atoms with Crippen molar-refractivity contribution >= 4 is 17.4 Å². The van der Waals surface area contributed by atoms with Gasteiger partial charge in [-0.3, -0.25) is 14.5 Å². The molecule has 15 heavy (non-hydrogen) atoms. The summed E-state index contributed by atoms with van der Waals surface area (Å²) in [4.78, 5) is 15.9. The zero-order valence-corrected chi connectivity index (χ0v) is 8.77. The summed E-state index contributed by atoms with van der Waals surface area (Å²) in [6.45, 7) is 0. The van der Waals surface area contributed by atoms with Crippen LogP contribution in [0.25, 0.3) is 0 Å². The van der Waals surface area contributed by atoms with E-state index in [0.29, 0.717) is 10.7 Å². The van der Waals surface area contributed by atoms with Gasteiger partial charge in [-0.1, -0.05) is 11.6 Å². The highest BCUT2D eigenvalue weighted by molar-refractivity contribution is 6.34. The second-order valence-corrected chi connectivity index (χ2v) is 3.41. The Morgan fingerprint density at radius 3 is 2.80 bits per heavy atom. The Bertz CT molecular complexity index is 507. The normalized spacial score (nSPS) is 10.3. The van der Waals surface area contributed by atoms with Crippen LogP contribution in [0.1, 0.15) is 16.2 Å². The van der Waals surface area contributed by atoms with E-state index in [1.807, 2.05) is 0 Å². The third kappa shape index (κ3) is 1.76. The van der Waals surface area contributed by atoms with Crippen molar-refractivity contribution in [1.29, 1.82) is 0 Å². The molecule has 0 aliphatic carbocycles. The molecule has 0 amide bonds. The minimum atomic E-state index is -0.222. The Morgan fingerprint density at radius 1 is 1.40 bits per heavy atom. The highest BCUT2D eigenvalue weighted by Crippen LogP contribution is 2.15. The van der Waals surface area contributed by atoms with E-state index in [1.54, 1.807) is 31.4 Å². The maximum Gasteiger partial charge on any atom is 0.230 e. The molecule has 0 bridgehead atoms. The van der Waals surface area contributed by atoms with Crippen LogP contribution >= 0.6 is 11.6 Å². The summed E-state index contributed by atoms with van der Waals surface area (Å²) in [5.74, 6) is -0.222. The van der Waals surface area contributed by atoms with Crippen LogP contribution in [0.5, 0.6) is 0 Å². The molecule has 0 N–H and O–H groups in total. The zero-order chi connectivity index (χ0) is 10.8. The van der Waals surface area contributed by atoms with E-state index >= 15 is 0 Å². The van der Waals surface area contributed by atoms with Gasteiger partial charge in [-0.05, 0) is 18.2 Å². The molecule has 0 aromatic carbocycles. The average Bonchev–Trinajstić information content (AvgIpc) is 2.64. The molecular formula is C10H8ClN3O. The number of halogens is 1. The van der Waals surface area contributed by atoms with Crippen LogP contribution in [-0.4, -0.2) is 20.5 Å². The lowest BCUT2D eigenvalue weighted by molar-refractivity contribution is 0.102. The van der Waals surface area contributed by atoms with Gasteiger partial charge in [-0.25, -0.2) is 0 Å². The van der Waals surface area contributed by atoms with Crippen molar-refractivity contribution in [2.45, 2.75) is 0 Å². The number of hydrogen-bond acceptors (Lipinski definition) is 3. The van der Waals surface area contributed by atoms with Crippen molar-refractivity contribution in [2.24, 2.45) is 7.05 Å². The first-order chi connectivity index (χ1) is 7.20. The van der Waals surface area contributed by atoms with Crippen LogP contribution in [0.4, 0.5) is 0 Å². The van der Waals surface area contributed by atoms with Gasteiger partial charge in [0, 0.05) is 19.4 Å². The van der Waals surface area contributed by atoms with Gasteiger partial charge in [-0.2, -0.15) is 5.10 Å². The smallest absolute Gasteiger partial charge is 0.230 e. The highest BCUT2D eigenvalue weighted by atomic mass is 35.5. The fourth-order valence-electron chi connectivity index (χ4n) is 1.27. The molecule has 0 spiro atoms. The van der Waals surface area contributed by atoms with E-state index in [2.05, 4.69) is 10.1 Å². The number of pyridine rings is 1. The molecule has 0 radical (unpaired) electrons. The largest absolute Gasteiger partial charge is 0.285 e. The summed E-state index contributed by atoms with van der Waals surface area (Å²) in [7, 11) is 1.70. The molecule has 2 heterocycles. The van der Waals surface area contributed by atoms with E-state index in [-0.39, 0.29) is 11.5 Å². The van der Waals surface area contributed by atoms with Gasteiger partial charge >= 0.3 is 0 Å². The van der Waals surface area contributed by atoms with Crippen molar-refractivity contribution in [3.8, 4) is 0 Å². The summed E-state index contributed by atoms with van der Waals surface area (Å²) in [6, 6.07) is 4.95. The molecule has 0 fully saturated rings. The van der Waals surface area contributed by atoms with Crippen LogP contribution in [-0.2, 0) is 7.05 Å². The SMILES string of the molecule is Cn1nccc1C(=O)c1ncccc1Cl. The number of rotatable bonds is 2.